The fourth-order valence-corrected chi connectivity index (χ4v) is 1.77. The normalized spacial score (nSPS) is 11.7. The highest BCUT2D eigenvalue weighted by Crippen LogP contribution is 2.23. The van der Waals surface area contributed by atoms with Crippen LogP contribution in [-0.2, 0) is 0 Å². The molecule has 3 heteroatoms. The molecule has 0 aliphatic heterocycles. The molecule has 0 saturated heterocycles. The summed E-state index contributed by atoms with van der Waals surface area (Å²) in [5.41, 5.74) is 9.34. The van der Waals surface area contributed by atoms with Gasteiger partial charge in [0, 0.05) is 11.1 Å². The smallest absolute Gasteiger partial charge is 0.0406 e. The Labute approximate surface area is 113 Å². The Bertz CT molecular complexity index is 478. The molecule has 0 heterocycles. The molecule has 2 rings (SSSR count). The van der Waals surface area contributed by atoms with Crippen molar-refractivity contribution in [2.75, 3.05) is 0 Å². The van der Waals surface area contributed by atoms with Crippen LogP contribution in [-0.4, -0.2) is 0 Å². The zero-order chi connectivity index (χ0) is 11.5. The molecule has 2 aromatic carbocycles. The van der Waals surface area contributed by atoms with Crippen LogP contribution < -0.4 is 5.73 Å². The number of nitrogens with two attached hydrogens (primary N) is 1. The fraction of sp³-hybridized carbons (Fsp3) is 0.143. The first-order valence-electron chi connectivity index (χ1n) is 5.28. The Balaban J connectivity index is 0.00000144. The van der Waals surface area contributed by atoms with Crippen LogP contribution in [0.4, 0.5) is 0 Å². The van der Waals surface area contributed by atoms with Crippen LogP contribution in [0.5, 0.6) is 0 Å². The van der Waals surface area contributed by atoms with E-state index in [1.54, 1.807) is 0 Å². The minimum absolute atomic E-state index is 0. The van der Waals surface area contributed by atoms with E-state index in [0.717, 1.165) is 16.1 Å². The van der Waals surface area contributed by atoms with Gasteiger partial charge in [-0.2, -0.15) is 0 Å². The summed E-state index contributed by atoms with van der Waals surface area (Å²) < 4.78 is 0. The first-order chi connectivity index (χ1) is 7.66. The Morgan fingerprint density at radius 2 is 1.65 bits per heavy atom. The van der Waals surface area contributed by atoms with E-state index < -0.39 is 0 Å². The van der Waals surface area contributed by atoms with Crippen LogP contribution >= 0.6 is 24.0 Å². The molecule has 0 saturated carbocycles. The van der Waals surface area contributed by atoms with Crippen LogP contribution in [0.1, 0.15) is 18.5 Å². The van der Waals surface area contributed by atoms with Crippen LogP contribution in [0.25, 0.3) is 11.1 Å². The molecule has 0 bridgehead atoms. The number of rotatable bonds is 2. The maximum Gasteiger partial charge on any atom is 0.0406 e. The van der Waals surface area contributed by atoms with Gasteiger partial charge in [0.25, 0.3) is 0 Å². The number of hydrogen-bond acceptors (Lipinski definition) is 1. The monoisotopic (exact) mass is 267 g/mol. The molecule has 0 aliphatic rings. The molecular formula is C14H15Cl2N. The molecular weight excluding hydrogens is 253 g/mol. The van der Waals surface area contributed by atoms with Crippen molar-refractivity contribution in [3.63, 3.8) is 0 Å². The Morgan fingerprint density at radius 3 is 2.24 bits per heavy atom. The summed E-state index contributed by atoms with van der Waals surface area (Å²) in [6.45, 7) is 1.99. The Kier molecular flexibility index (Phi) is 5.01. The SMILES string of the molecule is CC(N)c1cccc(-c2ccc(Cl)cc2)c1.Cl. The molecule has 1 unspecified atom stereocenters. The fourth-order valence-electron chi connectivity index (χ4n) is 1.64. The van der Waals surface area contributed by atoms with Gasteiger partial charge in [0.1, 0.15) is 0 Å². The van der Waals surface area contributed by atoms with Crippen molar-refractivity contribution in [1.29, 1.82) is 0 Å². The maximum atomic E-state index is 5.86. The largest absolute Gasteiger partial charge is 0.324 e. The summed E-state index contributed by atoms with van der Waals surface area (Å²) in [6.07, 6.45) is 0. The third kappa shape index (κ3) is 3.47. The van der Waals surface area contributed by atoms with Crippen LogP contribution in [0.15, 0.2) is 48.5 Å². The summed E-state index contributed by atoms with van der Waals surface area (Å²) in [6, 6.07) is 16.2. The molecule has 0 spiro atoms. The molecule has 90 valence electrons. The van der Waals surface area contributed by atoms with Crippen molar-refractivity contribution >= 4 is 24.0 Å². The standard InChI is InChI=1S/C14H14ClN.ClH/c1-10(16)12-3-2-4-13(9-12)11-5-7-14(15)8-6-11;/h2-10H,16H2,1H3;1H. The van der Waals surface area contributed by atoms with E-state index in [4.69, 9.17) is 17.3 Å². The van der Waals surface area contributed by atoms with Crippen molar-refractivity contribution in [2.45, 2.75) is 13.0 Å². The topological polar surface area (TPSA) is 26.0 Å². The van der Waals surface area contributed by atoms with Gasteiger partial charge in [0.05, 0.1) is 0 Å². The summed E-state index contributed by atoms with van der Waals surface area (Å²) in [7, 11) is 0. The van der Waals surface area contributed by atoms with E-state index >= 15 is 0 Å². The molecule has 0 fully saturated rings. The summed E-state index contributed by atoms with van der Waals surface area (Å²) in [4.78, 5) is 0. The number of halogens is 2. The molecule has 0 aliphatic carbocycles. The summed E-state index contributed by atoms with van der Waals surface area (Å²) >= 11 is 5.86. The molecule has 0 amide bonds. The molecule has 0 aromatic heterocycles. The van der Waals surface area contributed by atoms with Gasteiger partial charge in [-0.3, -0.25) is 0 Å². The third-order valence-electron chi connectivity index (χ3n) is 2.59. The van der Waals surface area contributed by atoms with Crippen LogP contribution in [0.3, 0.4) is 0 Å². The van der Waals surface area contributed by atoms with E-state index in [9.17, 15) is 0 Å². The molecule has 0 radical (unpaired) electrons. The minimum Gasteiger partial charge on any atom is -0.324 e. The van der Waals surface area contributed by atoms with E-state index in [0.29, 0.717) is 0 Å². The predicted molar refractivity (Wildman–Crippen MR) is 76.7 cm³/mol. The van der Waals surface area contributed by atoms with Gasteiger partial charge in [-0.25, -0.2) is 0 Å². The average molecular weight is 268 g/mol. The van der Waals surface area contributed by atoms with E-state index in [2.05, 4.69) is 12.1 Å². The zero-order valence-electron chi connectivity index (χ0n) is 9.56. The molecule has 17 heavy (non-hydrogen) atoms. The molecule has 1 nitrogen and oxygen atoms in total. The lowest BCUT2D eigenvalue weighted by atomic mass is 10.0. The average Bonchev–Trinajstić information content (AvgIpc) is 2.30. The molecule has 1 atom stereocenters. The zero-order valence-corrected chi connectivity index (χ0v) is 11.1. The lowest BCUT2D eigenvalue weighted by molar-refractivity contribution is 0.819. The van der Waals surface area contributed by atoms with Gasteiger partial charge in [0.15, 0.2) is 0 Å². The van der Waals surface area contributed by atoms with Crippen LogP contribution in [0.2, 0.25) is 5.02 Å². The number of hydrogen-bond donors (Lipinski definition) is 1. The van der Waals surface area contributed by atoms with Gasteiger partial charge >= 0.3 is 0 Å². The molecule has 2 N–H and O–H groups in total. The first kappa shape index (κ1) is 14.0. The Morgan fingerprint density at radius 1 is 1.00 bits per heavy atom. The predicted octanol–water partition coefficient (Wildman–Crippen LogP) is 4.45. The van der Waals surface area contributed by atoms with Gasteiger partial charge in [-0.05, 0) is 41.8 Å². The van der Waals surface area contributed by atoms with Crippen molar-refractivity contribution in [1.82, 2.24) is 0 Å². The lowest BCUT2D eigenvalue weighted by Crippen LogP contribution is -2.04. The van der Waals surface area contributed by atoms with Crippen molar-refractivity contribution in [3.05, 3.63) is 59.1 Å². The van der Waals surface area contributed by atoms with Gasteiger partial charge in [-0.15, -0.1) is 12.4 Å². The van der Waals surface area contributed by atoms with Crippen LogP contribution in [0, 0.1) is 0 Å². The maximum absolute atomic E-state index is 5.86. The molecule has 2 aromatic rings. The minimum atomic E-state index is 0. The second kappa shape index (κ2) is 6.06. The third-order valence-corrected chi connectivity index (χ3v) is 2.84. The highest BCUT2D eigenvalue weighted by atomic mass is 35.5. The highest BCUT2D eigenvalue weighted by molar-refractivity contribution is 6.30. The summed E-state index contributed by atoms with van der Waals surface area (Å²) in [5, 5.41) is 0.757. The number of benzene rings is 2. The lowest BCUT2D eigenvalue weighted by Gasteiger charge is -2.08. The second-order valence-corrected chi connectivity index (χ2v) is 4.36. The first-order valence-corrected chi connectivity index (χ1v) is 5.66. The van der Waals surface area contributed by atoms with Gasteiger partial charge in [0.2, 0.25) is 0 Å². The van der Waals surface area contributed by atoms with Crippen molar-refractivity contribution in [2.24, 2.45) is 5.73 Å². The van der Waals surface area contributed by atoms with Crippen molar-refractivity contribution < 1.29 is 0 Å². The van der Waals surface area contributed by atoms with E-state index in [1.165, 1.54) is 5.56 Å². The van der Waals surface area contributed by atoms with E-state index in [-0.39, 0.29) is 18.4 Å². The quantitative estimate of drug-likeness (QED) is 0.855. The summed E-state index contributed by atoms with van der Waals surface area (Å²) in [5.74, 6) is 0. The van der Waals surface area contributed by atoms with Gasteiger partial charge < -0.3 is 5.73 Å². The highest BCUT2D eigenvalue weighted by Gasteiger charge is 2.02. The second-order valence-electron chi connectivity index (χ2n) is 3.92. The van der Waals surface area contributed by atoms with Gasteiger partial charge in [-0.1, -0.05) is 41.9 Å². The Hall–Kier alpha value is -1.02. The van der Waals surface area contributed by atoms with Crippen molar-refractivity contribution in [3.8, 4) is 11.1 Å². The van der Waals surface area contributed by atoms with E-state index in [1.807, 2.05) is 43.3 Å².